The fourth-order valence-electron chi connectivity index (χ4n) is 2.29. The van der Waals surface area contributed by atoms with E-state index in [0.717, 1.165) is 0 Å². The summed E-state index contributed by atoms with van der Waals surface area (Å²) in [7, 11) is -1.88. The molecule has 0 saturated carbocycles. The van der Waals surface area contributed by atoms with Gasteiger partial charge in [-0.3, -0.25) is 4.68 Å². The van der Waals surface area contributed by atoms with E-state index in [1.54, 1.807) is 18.0 Å². The number of hydrogen-bond acceptors (Lipinski definition) is 4. The van der Waals surface area contributed by atoms with Crippen molar-refractivity contribution in [2.24, 2.45) is 7.05 Å². The van der Waals surface area contributed by atoms with Crippen LogP contribution < -0.4 is 5.32 Å². The van der Waals surface area contributed by atoms with Gasteiger partial charge in [-0.05, 0) is 6.42 Å². The summed E-state index contributed by atoms with van der Waals surface area (Å²) in [5, 5.41) is 6.61. The molecule has 1 aliphatic rings. The van der Waals surface area contributed by atoms with Gasteiger partial charge in [-0.25, -0.2) is 13.2 Å². The highest BCUT2D eigenvalue weighted by Gasteiger charge is 2.29. The lowest BCUT2D eigenvalue weighted by Gasteiger charge is -2.21. The molecule has 1 aromatic heterocycles. The first-order chi connectivity index (χ1) is 10.4. The Balaban J connectivity index is 2.03. The number of rotatable bonds is 4. The van der Waals surface area contributed by atoms with Gasteiger partial charge in [0.05, 0.1) is 6.20 Å². The van der Waals surface area contributed by atoms with Gasteiger partial charge in [0.2, 0.25) is 10.0 Å². The maximum Gasteiger partial charge on any atom is 0.317 e. The summed E-state index contributed by atoms with van der Waals surface area (Å²) < 4.78 is 27.9. The van der Waals surface area contributed by atoms with E-state index in [1.807, 2.05) is 0 Å². The SMILES string of the molecule is C=CCNC(=O)N1CCCN(S(=O)(=O)c2cnn(C)c2)CC1. The van der Waals surface area contributed by atoms with Crippen LogP contribution in [0.1, 0.15) is 6.42 Å². The minimum atomic E-state index is -3.56. The van der Waals surface area contributed by atoms with Crippen molar-refractivity contribution < 1.29 is 13.2 Å². The number of urea groups is 1. The number of hydrogen-bond donors (Lipinski definition) is 1. The molecule has 9 heteroatoms. The monoisotopic (exact) mass is 327 g/mol. The molecule has 1 fully saturated rings. The zero-order valence-corrected chi connectivity index (χ0v) is 13.4. The molecular formula is C13H21N5O3S. The molecule has 0 bridgehead atoms. The first-order valence-electron chi connectivity index (χ1n) is 7.07. The molecule has 2 rings (SSSR count). The number of amides is 2. The van der Waals surface area contributed by atoms with Crippen LogP contribution in [0.5, 0.6) is 0 Å². The van der Waals surface area contributed by atoms with Crippen molar-refractivity contribution in [3.8, 4) is 0 Å². The Kier molecular flexibility index (Phi) is 5.19. The van der Waals surface area contributed by atoms with Gasteiger partial charge in [0.25, 0.3) is 0 Å². The van der Waals surface area contributed by atoms with Crippen LogP contribution in [0.25, 0.3) is 0 Å². The molecule has 22 heavy (non-hydrogen) atoms. The molecule has 0 atom stereocenters. The lowest BCUT2D eigenvalue weighted by atomic mass is 10.4. The topological polar surface area (TPSA) is 87.5 Å². The minimum absolute atomic E-state index is 0.180. The summed E-state index contributed by atoms with van der Waals surface area (Å²) in [6.07, 6.45) is 5.03. The number of carbonyl (C=O) groups is 1. The van der Waals surface area contributed by atoms with E-state index in [4.69, 9.17) is 0 Å². The molecule has 122 valence electrons. The average molecular weight is 327 g/mol. The van der Waals surface area contributed by atoms with Crippen LogP contribution in [-0.4, -0.2) is 66.2 Å². The molecule has 0 aliphatic carbocycles. The van der Waals surface area contributed by atoms with Crippen LogP contribution >= 0.6 is 0 Å². The second-order valence-corrected chi connectivity index (χ2v) is 7.01. The first-order valence-corrected chi connectivity index (χ1v) is 8.51. The second-order valence-electron chi connectivity index (χ2n) is 5.07. The van der Waals surface area contributed by atoms with E-state index in [0.29, 0.717) is 32.6 Å². The van der Waals surface area contributed by atoms with E-state index in [1.165, 1.54) is 21.4 Å². The summed E-state index contributed by atoms with van der Waals surface area (Å²) in [5.41, 5.74) is 0. The summed E-state index contributed by atoms with van der Waals surface area (Å²) in [5.74, 6) is 0. The Morgan fingerprint density at radius 2 is 2.18 bits per heavy atom. The van der Waals surface area contributed by atoms with E-state index < -0.39 is 10.0 Å². The molecule has 0 unspecified atom stereocenters. The Bertz CT molecular complexity index is 640. The quantitative estimate of drug-likeness (QED) is 0.789. The van der Waals surface area contributed by atoms with Crippen LogP contribution in [0, 0.1) is 0 Å². The number of carbonyl (C=O) groups excluding carboxylic acids is 1. The van der Waals surface area contributed by atoms with Crippen molar-refractivity contribution >= 4 is 16.1 Å². The van der Waals surface area contributed by atoms with E-state index in [2.05, 4.69) is 17.0 Å². The zero-order chi connectivity index (χ0) is 16.2. The molecular weight excluding hydrogens is 306 g/mol. The van der Waals surface area contributed by atoms with Gasteiger partial charge in [-0.15, -0.1) is 6.58 Å². The van der Waals surface area contributed by atoms with Crippen molar-refractivity contribution in [1.29, 1.82) is 0 Å². The third-order valence-corrected chi connectivity index (χ3v) is 5.31. The van der Waals surface area contributed by atoms with Gasteiger partial charge in [0, 0.05) is 46.0 Å². The summed E-state index contributed by atoms with van der Waals surface area (Å²) in [6.45, 7) is 5.50. The highest BCUT2D eigenvalue weighted by atomic mass is 32.2. The van der Waals surface area contributed by atoms with Crippen molar-refractivity contribution in [3.63, 3.8) is 0 Å². The Morgan fingerprint density at radius 1 is 1.41 bits per heavy atom. The van der Waals surface area contributed by atoms with E-state index in [9.17, 15) is 13.2 Å². The Morgan fingerprint density at radius 3 is 2.82 bits per heavy atom. The maximum absolute atomic E-state index is 12.5. The Labute approximate surface area is 130 Å². The van der Waals surface area contributed by atoms with Crippen LogP contribution in [0.2, 0.25) is 0 Å². The number of aryl methyl sites for hydroxylation is 1. The third-order valence-electron chi connectivity index (χ3n) is 3.46. The van der Waals surface area contributed by atoms with Gasteiger partial charge in [0.1, 0.15) is 4.90 Å². The number of nitrogens with zero attached hydrogens (tertiary/aromatic N) is 4. The van der Waals surface area contributed by atoms with Gasteiger partial charge < -0.3 is 10.2 Å². The van der Waals surface area contributed by atoms with Crippen LogP contribution in [-0.2, 0) is 17.1 Å². The Hall–Kier alpha value is -1.87. The molecule has 1 N–H and O–H groups in total. The molecule has 2 amide bonds. The van der Waals surface area contributed by atoms with Crippen molar-refractivity contribution in [2.75, 3.05) is 32.7 Å². The van der Waals surface area contributed by atoms with Gasteiger partial charge in [-0.1, -0.05) is 6.08 Å². The minimum Gasteiger partial charge on any atom is -0.335 e. The van der Waals surface area contributed by atoms with Crippen LogP contribution in [0.4, 0.5) is 4.79 Å². The van der Waals surface area contributed by atoms with Gasteiger partial charge in [-0.2, -0.15) is 9.40 Å². The molecule has 0 aromatic carbocycles. The van der Waals surface area contributed by atoms with E-state index in [-0.39, 0.29) is 17.5 Å². The average Bonchev–Trinajstić information content (AvgIpc) is 2.77. The van der Waals surface area contributed by atoms with Gasteiger partial charge in [0.15, 0.2) is 0 Å². The summed E-state index contributed by atoms with van der Waals surface area (Å²) >= 11 is 0. The normalized spacial score (nSPS) is 17.0. The van der Waals surface area contributed by atoms with Crippen molar-refractivity contribution in [1.82, 2.24) is 24.3 Å². The predicted octanol–water partition coefficient (Wildman–Crippen LogP) is 0.0121. The van der Waals surface area contributed by atoms with Crippen LogP contribution in [0.3, 0.4) is 0 Å². The second kappa shape index (κ2) is 6.93. The lowest BCUT2D eigenvalue weighted by Crippen LogP contribution is -2.42. The molecule has 0 radical (unpaired) electrons. The number of nitrogens with one attached hydrogen (secondary N) is 1. The van der Waals surface area contributed by atoms with E-state index >= 15 is 0 Å². The standard InChI is InChI=1S/C13H21N5O3S/c1-3-5-14-13(19)17-6-4-7-18(9-8-17)22(20,21)12-10-15-16(2)11-12/h3,10-11H,1,4-9H2,2H3,(H,14,19). The maximum atomic E-state index is 12.5. The largest absolute Gasteiger partial charge is 0.335 e. The predicted molar refractivity (Wildman–Crippen MR) is 81.8 cm³/mol. The molecule has 1 saturated heterocycles. The summed E-state index contributed by atoms with van der Waals surface area (Å²) in [6, 6.07) is -0.194. The lowest BCUT2D eigenvalue weighted by molar-refractivity contribution is 0.201. The molecule has 1 aromatic rings. The van der Waals surface area contributed by atoms with Crippen LogP contribution in [0.15, 0.2) is 29.9 Å². The highest BCUT2D eigenvalue weighted by molar-refractivity contribution is 7.89. The third kappa shape index (κ3) is 3.66. The van der Waals surface area contributed by atoms with Gasteiger partial charge >= 0.3 is 6.03 Å². The zero-order valence-electron chi connectivity index (χ0n) is 12.6. The summed E-state index contributed by atoms with van der Waals surface area (Å²) in [4.78, 5) is 13.7. The highest BCUT2D eigenvalue weighted by Crippen LogP contribution is 2.16. The fourth-order valence-corrected chi connectivity index (χ4v) is 3.75. The number of aromatic nitrogens is 2. The smallest absolute Gasteiger partial charge is 0.317 e. The van der Waals surface area contributed by atoms with Crippen molar-refractivity contribution in [2.45, 2.75) is 11.3 Å². The molecule has 8 nitrogen and oxygen atoms in total. The molecule has 2 heterocycles. The fraction of sp³-hybridized carbons (Fsp3) is 0.538. The molecule has 0 spiro atoms. The molecule has 1 aliphatic heterocycles. The number of sulfonamides is 1. The van der Waals surface area contributed by atoms with Crippen molar-refractivity contribution in [3.05, 3.63) is 25.0 Å². The first kappa shape index (κ1) is 16.5.